The molecule has 2 aliphatic rings. The topological polar surface area (TPSA) is 6.48 Å². The highest BCUT2D eigenvalue weighted by atomic mass is 15.2. The summed E-state index contributed by atoms with van der Waals surface area (Å²) < 4.78 is 0. The van der Waals surface area contributed by atoms with Gasteiger partial charge in [-0.05, 0) is 79.7 Å². The van der Waals surface area contributed by atoms with Crippen molar-refractivity contribution in [2.75, 3.05) is 26.2 Å². The molecule has 0 bridgehead atoms. The van der Waals surface area contributed by atoms with Gasteiger partial charge in [0.25, 0.3) is 0 Å². The minimum atomic E-state index is 0. The monoisotopic (exact) mass is 338 g/mol. The van der Waals surface area contributed by atoms with Gasteiger partial charge in [0, 0.05) is 30.7 Å². The minimum Gasteiger partial charge on any atom is -0.298 e. The van der Waals surface area contributed by atoms with E-state index >= 15 is 0 Å². The van der Waals surface area contributed by atoms with Crippen LogP contribution in [-0.2, 0) is 0 Å². The molecule has 24 heavy (non-hydrogen) atoms. The van der Waals surface area contributed by atoms with Crippen LogP contribution < -0.4 is 0 Å². The van der Waals surface area contributed by atoms with E-state index in [-0.39, 0.29) is 7.43 Å². The van der Waals surface area contributed by atoms with Crippen molar-refractivity contribution in [3.8, 4) is 0 Å². The first-order chi connectivity index (χ1) is 10.4. The Morgan fingerprint density at radius 3 is 1.79 bits per heavy atom. The summed E-state index contributed by atoms with van der Waals surface area (Å²) in [7, 11) is 0. The van der Waals surface area contributed by atoms with Gasteiger partial charge in [0.2, 0.25) is 0 Å². The van der Waals surface area contributed by atoms with Crippen molar-refractivity contribution in [2.45, 2.75) is 93.7 Å². The van der Waals surface area contributed by atoms with Gasteiger partial charge in [-0.15, -0.1) is 0 Å². The van der Waals surface area contributed by atoms with Crippen molar-refractivity contribution >= 4 is 0 Å². The van der Waals surface area contributed by atoms with E-state index in [2.05, 4.69) is 78.2 Å². The molecule has 2 heterocycles. The maximum atomic E-state index is 2.61. The van der Waals surface area contributed by atoms with Crippen LogP contribution in [-0.4, -0.2) is 47.1 Å². The standard InChI is InChI=1S/C11H23N.C10H19N.CH4/c1-9-6-7-12(8-10(9)2)11(3,4)5;1-9-5-7-11(8-6-9)10(2,3)4;/h9-10H,6-8H2,1-5H3;5H,6-8H2,1-4H3;1H4. The zero-order valence-corrected chi connectivity index (χ0v) is 17.4. The van der Waals surface area contributed by atoms with E-state index in [4.69, 9.17) is 0 Å². The zero-order valence-electron chi connectivity index (χ0n) is 17.4. The first kappa shape index (κ1) is 23.7. The SMILES string of the molecule is C.CC1=CCN(C(C)(C)C)CC1.CC1CCN(C(C)(C)C)CC1C. The molecule has 2 nitrogen and oxygen atoms in total. The molecule has 0 aliphatic carbocycles. The second-order valence-corrected chi connectivity index (χ2v) is 9.78. The lowest BCUT2D eigenvalue weighted by Crippen LogP contribution is -2.48. The maximum Gasteiger partial charge on any atom is 0.0171 e. The fourth-order valence-corrected chi connectivity index (χ4v) is 3.25. The van der Waals surface area contributed by atoms with Crippen molar-refractivity contribution in [1.82, 2.24) is 9.80 Å². The van der Waals surface area contributed by atoms with E-state index in [1.54, 1.807) is 5.57 Å². The van der Waals surface area contributed by atoms with Gasteiger partial charge in [0.05, 0.1) is 0 Å². The lowest BCUT2D eigenvalue weighted by atomic mass is 9.86. The molecule has 0 N–H and O–H groups in total. The molecular weight excluding hydrogens is 292 g/mol. The van der Waals surface area contributed by atoms with Crippen molar-refractivity contribution in [3.63, 3.8) is 0 Å². The number of hydrogen-bond donors (Lipinski definition) is 0. The number of rotatable bonds is 0. The van der Waals surface area contributed by atoms with Crippen molar-refractivity contribution in [1.29, 1.82) is 0 Å². The molecule has 2 rings (SSSR count). The summed E-state index contributed by atoms with van der Waals surface area (Å²) >= 11 is 0. The van der Waals surface area contributed by atoms with Crippen molar-refractivity contribution in [3.05, 3.63) is 11.6 Å². The molecule has 0 aromatic carbocycles. The Bertz CT molecular complexity index is 384. The number of piperidine rings is 1. The van der Waals surface area contributed by atoms with Gasteiger partial charge in [0.15, 0.2) is 0 Å². The van der Waals surface area contributed by atoms with E-state index in [1.165, 1.54) is 32.5 Å². The summed E-state index contributed by atoms with van der Waals surface area (Å²) in [5.41, 5.74) is 2.26. The lowest BCUT2D eigenvalue weighted by molar-refractivity contribution is 0.0584. The predicted octanol–water partition coefficient (Wildman–Crippen LogP) is 5.84. The normalized spacial score (nSPS) is 26.8. The maximum absolute atomic E-state index is 2.61. The Hall–Kier alpha value is -0.340. The molecule has 2 aliphatic heterocycles. The number of likely N-dealkylation sites (tertiary alicyclic amines) is 1. The van der Waals surface area contributed by atoms with Crippen molar-refractivity contribution in [2.24, 2.45) is 11.8 Å². The largest absolute Gasteiger partial charge is 0.298 e. The molecule has 0 spiro atoms. The van der Waals surface area contributed by atoms with Crippen LogP contribution >= 0.6 is 0 Å². The smallest absolute Gasteiger partial charge is 0.0171 e. The van der Waals surface area contributed by atoms with E-state index in [0.29, 0.717) is 11.1 Å². The average Bonchev–Trinajstić information content (AvgIpc) is 2.41. The van der Waals surface area contributed by atoms with Gasteiger partial charge in [0.1, 0.15) is 0 Å². The third kappa shape index (κ3) is 7.70. The molecule has 2 atom stereocenters. The highest BCUT2D eigenvalue weighted by Gasteiger charge is 2.29. The van der Waals surface area contributed by atoms with Crippen LogP contribution in [0.4, 0.5) is 0 Å². The van der Waals surface area contributed by atoms with Crippen molar-refractivity contribution < 1.29 is 0 Å². The number of hydrogen-bond acceptors (Lipinski definition) is 2. The van der Waals surface area contributed by atoms with Crippen LogP contribution in [0.3, 0.4) is 0 Å². The first-order valence-corrected chi connectivity index (χ1v) is 9.57. The first-order valence-electron chi connectivity index (χ1n) is 9.57. The highest BCUT2D eigenvalue weighted by molar-refractivity contribution is 5.05. The molecule has 0 aromatic heterocycles. The third-order valence-corrected chi connectivity index (χ3v) is 5.67. The van der Waals surface area contributed by atoms with Crippen LogP contribution in [0.1, 0.15) is 82.6 Å². The van der Waals surface area contributed by atoms with Gasteiger partial charge < -0.3 is 0 Å². The van der Waals surface area contributed by atoms with Gasteiger partial charge in [-0.25, -0.2) is 0 Å². The van der Waals surface area contributed by atoms with Gasteiger partial charge in [-0.1, -0.05) is 32.9 Å². The molecule has 1 fully saturated rings. The second-order valence-electron chi connectivity index (χ2n) is 9.78. The van der Waals surface area contributed by atoms with Crippen LogP contribution in [0.2, 0.25) is 0 Å². The molecule has 0 radical (unpaired) electrons. The summed E-state index contributed by atoms with van der Waals surface area (Å²) in [6.07, 6.45) is 4.96. The van der Waals surface area contributed by atoms with Crippen LogP contribution in [0.5, 0.6) is 0 Å². The average molecular weight is 339 g/mol. The van der Waals surface area contributed by atoms with E-state index < -0.39 is 0 Å². The summed E-state index contributed by atoms with van der Waals surface area (Å²) in [6.45, 7) is 25.7. The molecule has 2 unspecified atom stereocenters. The minimum absolute atomic E-state index is 0. The molecule has 2 heteroatoms. The van der Waals surface area contributed by atoms with Crippen LogP contribution in [0.15, 0.2) is 11.6 Å². The molecule has 0 aromatic rings. The van der Waals surface area contributed by atoms with E-state index in [1.807, 2.05) is 0 Å². The molecule has 144 valence electrons. The molecule has 0 amide bonds. The third-order valence-electron chi connectivity index (χ3n) is 5.67. The Balaban J connectivity index is 0.000000425. The Morgan fingerprint density at radius 2 is 1.42 bits per heavy atom. The second kappa shape index (κ2) is 9.38. The predicted molar refractivity (Wildman–Crippen MR) is 111 cm³/mol. The zero-order chi connectivity index (χ0) is 17.8. The molecule has 0 saturated carbocycles. The van der Waals surface area contributed by atoms with Crippen LogP contribution in [0.25, 0.3) is 0 Å². The molecular formula is C22H46N2. The van der Waals surface area contributed by atoms with Gasteiger partial charge in [-0.2, -0.15) is 0 Å². The summed E-state index contributed by atoms with van der Waals surface area (Å²) in [4.78, 5) is 5.12. The van der Waals surface area contributed by atoms with E-state index in [0.717, 1.165) is 18.4 Å². The van der Waals surface area contributed by atoms with E-state index in [9.17, 15) is 0 Å². The number of nitrogens with zero attached hydrogens (tertiary/aromatic N) is 2. The summed E-state index contributed by atoms with van der Waals surface area (Å²) in [5, 5.41) is 0. The quantitative estimate of drug-likeness (QED) is 0.512. The van der Waals surface area contributed by atoms with Gasteiger partial charge in [-0.3, -0.25) is 9.80 Å². The Morgan fingerprint density at radius 1 is 0.875 bits per heavy atom. The van der Waals surface area contributed by atoms with Crippen LogP contribution in [0, 0.1) is 11.8 Å². The summed E-state index contributed by atoms with van der Waals surface area (Å²) in [6, 6.07) is 0. The Kier molecular flexibility index (Phi) is 9.25. The lowest BCUT2D eigenvalue weighted by Gasteiger charge is -2.43. The highest BCUT2D eigenvalue weighted by Crippen LogP contribution is 2.27. The fraction of sp³-hybridized carbons (Fsp3) is 0.909. The van der Waals surface area contributed by atoms with Gasteiger partial charge >= 0.3 is 0 Å². The Labute approximate surface area is 153 Å². The molecule has 1 saturated heterocycles. The fourth-order valence-electron chi connectivity index (χ4n) is 3.25. The summed E-state index contributed by atoms with van der Waals surface area (Å²) in [5.74, 6) is 1.79.